The van der Waals surface area contributed by atoms with Crippen LogP contribution in [0.4, 0.5) is 23.0 Å². The Hall–Kier alpha value is -3.67. The first-order valence-electron chi connectivity index (χ1n) is 8.86. The summed E-state index contributed by atoms with van der Waals surface area (Å²) in [6.45, 7) is 3.92. The van der Waals surface area contributed by atoms with Crippen molar-refractivity contribution < 1.29 is 17.9 Å². The van der Waals surface area contributed by atoms with Crippen molar-refractivity contribution in [1.29, 1.82) is 0 Å². The maximum atomic E-state index is 12.7. The lowest BCUT2D eigenvalue weighted by Crippen LogP contribution is -2.15. The van der Waals surface area contributed by atoms with Crippen molar-refractivity contribution in [3.05, 3.63) is 63.5 Å². The Morgan fingerprint density at radius 2 is 1.90 bits per heavy atom. The molecule has 1 aromatic heterocycles. The average Bonchev–Trinajstić information content (AvgIpc) is 3.09. The minimum Gasteiger partial charge on any atom is -0.379 e. The molecule has 0 unspecified atom stereocenters. The zero-order valence-electron chi connectivity index (χ0n) is 16.2. The standard InChI is InChI=1S/C18H20N6O5S/c1-11-3-5-14(12(2)9-11)23-30(27,28)13-4-6-15(16(10-13)24(25)26)20-8-7-17-21-18(19)22-29-17/h3-6,9-10,20,23H,7-8H2,1-2H3,(H2,19,22). The van der Waals surface area contributed by atoms with Crippen LogP contribution in [0.5, 0.6) is 0 Å². The van der Waals surface area contributed by atoms with Crippen LogP contribution in [0.2, 0.25) is 0 Å². The number of aromatic nitrogens is 2. The normalized spacial score (nSPS) is 11.3. The van der Waals surface area contributed by atoms with E-state index in [2.05, 4.69) is 20.2 Å². The highest BCUT2D eigenvalue weighted by Crippen LogP contribution is 2.29. The van der Waals surface area contributed by atoms with E-state index in [-0.39, 0.29) is 41.1 Å². The summed E-state index contributed by atoms with van der Waals surface area (Å²) >= 11 is 0. The predicted octanol–water partition coefficient (Wildman–Crippen LogP) is 2.63. The highest BCUT2D eigenvalue weighted by molar-refractivity contribution is 7.92. The molecule has 0 bridgehead atoms. The first kappa shape index (κ1) is 21.0. The summed E-state index contributed by atoms with van der Waals surface area (Å²) in [4.78, 5) is 14.4. The second-order valence-electron chi connectivity index (χ2n) is 6.58. The quantitative estimate of drug-likeness (QED) is 0.358. The number of nitro groups is 1. The number of aryl methyl sites for hydroxylation is 2. The fraction of sp³-hybridized carbons (Fsp3) is 0.222. The number of sulfonamides is 1. The summed E-state index contributed by atoms with van der Waals surface area (Å²) in [6.07, 6.45) is 0.287. The van der Waals surface area contributed by atoms with E-state index >= 15 is 0 Å². The van der Waals surface area contributed by atoms with E-state index in [0.29, 0.717) is 5.69 Å². The highest BCUT2D eigenvalue weighted by Gasteiger charge is 2.22. The lowest BCUT2D eigenvalue weighted by atomic mass is 10.1. The van der Waals surface area contributed by atoms with Gasteiger partial charge in [-0.15, -0.1) is 0 Å². The van der Waals surface area contributed by atoms with Crippen LogP contribution in [-0.4, -0.2) is 30.0 Å². The van der Waals surface area contributed by atoms with Gasteiger partial charge in [-0.25, -0.2) is 8.42 Å². The SMILES string of the molecule is Cc1ccc(NS(=O)(=O)c2ccc(NCCc3nc(N)no3)c([N+](=O)[O-])c2)c(C)c1. The summed E-state index contributed by atoms with van der Waals surface area (Å²) in [6, 6.07) is 8.92. The molecule has 158 valence electrons. The largest absolute Gasteiger partial charge is 0.379 e. The van der Waals surface area contributed by atoms with Gasteiger partial charge in [0.1, 0.15) is 5.69 Å². The van der Waals surface area contributed by atoms with Crippen LogP contribution < -0.4 is 15.8 Å². The number of rotatable bonds is 8. The molecule has 2 aromatic carbocycles. The van der Waals surface area contributed by atoms with Crippen molar-refractivity contribution in [2.24, 2.45) is 0 Å². The maximum Gasteiger partial charge on any atom is 0.293 e. The molecule has 0 aliphatic rings. The summed E-state index contributed by atoms with van der Waals surface area (Å²) < 4.78 is 32.8. The number of anilines is 3. The number of nitro benzene ring substituents is 1. The van der Waals surface area contributed by atoms with Gasteiger partial charge in [-0.1, -0.05) is 17.7 Å². The summed E-state index contributed by atoms with van der Waals surface area (Å²) in [5.74, 6) is 0.279. The monoisotopic (exact) mass is 432 g/mol. The Morgan fingerprint density at radius 3 is 2.53 bits per heavy atom. The number of nitrogens with one attached hydrogen (secondary N) is 2. The Labute approximate surface area is 172 Å². The minimum atomic E-state index is -4.01. The molecule has 3 rings (SSSR count). The molecule has 30 heavy (non-hydrogen) atoms. The van der Waals surface area contributed by atoms with Crippen molar-refractivity contribution in [2.45, 2.75) is 25.2 Å². The first-order valence-corrected chi connectivity index (χ1v) is 10.3. The van der Waals surface area contributed by atoms with Gasteiger partial charge in [0.25, 0.3) is 21.7 Å². The summed E-state index contributed by atoms with van der Waals surface area (Å²) in [5.41, 5.74) is 7.30. The van der Waals surface area contributed by atoms with Crippen LogP contribution in [0.15, 0.2) is 45.8 Å². The van der Waals surface area contributed by atoms with E-state index in [4.69, 9.17) is 10.3 Å². The molecule has 0 amide bonds. The van der Waals surface area contributed by atoms with Crippen LogP contribution in [0.1, 0.15) is 17.0 Å². The van der Waals surface area contributed by atoms with Crippen molar-refractivity contribution in [3.63, 3.8) is 0 Å². The molecule has 0 atom stereocenters. The number of nitrogen functional groups attached to an aromatic ring is 1. The van der Waals surface area contributed by atoms with Crippen LogP contribution >= 0.6 is 0 Å². The molecule has 0 aliphatic carbocycles. The van der Waals surface area contributed by atoms with Gasteiger partial charge in [-0.3, -0.25) is 14.8 Å². The number of nitrogens with zero attached hydrogens (tertiary/aromatic N) is 3. The van der Waals surface area contributed by atoms with Gasteiger partial charge in [0, 0.05) is 19.0 Å². The second kappa shape index (κ2) is 8.37. The lowest BCUT2D eigenvalue weighted by Gasteiger charge is -2.12. The van der Waals surface area contributed by atoms with Crippen molar-refractivity contribution in [2.75, 3.05) is 22.3 Å². The van der Waals surface area contributed by atoms with E-state index in [1.54, 1.807) is 19.1 Å². The third-order valence-corrected chi connectivity index (χ3v) is 5.60. The fourth-order valence-corrected chi connectivity index (χ4v) is 3.93. The molecule has 4 N–H and O–H groups in total. The molecule has 0 saturated heterocycles. The lowest BCUT2D eigenvalue weighted by molar-refractivity contribution is -0.384. The molecule has 0 spiro atoms. The Balaban J connectivity index is 1.80. The molecule has 0 radical (unpaired) electrons. The van der Waals surface area contributed by atoms with Crippen molar-refractivity contribution >= 4 is 33.0 Å². The maximum absolute atomic E-state index is 12.7. The topological polar surface area (TPSA) is 166 Å². The molecular formula is C18H20N6O5S. The zero-order chi connectivity index (χ0) is 21.9. The Morgan fingerprint density at radius 1 is 1.17 bits per heavy atom. The summed E-state index contributed by atoms with van der Waals surface area (Å²) in [5, 5.41) is 17.8. The third kappa shape index (κ3) is 4.84. The van der Waals surface area contributed by atoms with Gasteiger partial charge < -0.3 is 15.6 Å². The molecule has 11 nitrogen and oxygen atoms in total. The van der Waals surface area contributed by atoms with Crippen LogP contribution in [0, 0.1) is 24.0 Å². The number of benzene rings is 2. The Kier molecular flexibility index (Phi) is 5.87. The van der Waals surface area contributed by atoms with E-state index in [1.165, 1.54) is 12.1 Å². The van der Waals surface area contributed by atoms with Gasteiger partial charge in [-0.2, -0.15) is 4.98 Å². The summed E-state index contributed by atoms with van der Waals surface area (Å²) in [7, 11) is -4.01. The van der Waals surface area contributed by atoms with Crippen LogP contribution in [0.25, 0.3) is 0 Å². The molecule has 0 aliphatic heterocycles. The van der Waals surface area contributed by atoms with Gasteiger partial charge in [0.15, 0.2) is 0 Å². The van der Waals surface area contributed by atoms with Gasteiger partial charge >= 0.3 is 0 Å². The number of hydrogen-bond donors (Lipinski definition) is 3. The van der Waals surface area contributed by atoms with Gasteiger partial charge in [-0.05, 0) is 42.8 Å². The van der Waals surface area contributed by atoms with E-state index in [9.17, 15) is 18.5 Å². The minimum absolute atomic E-state index is 0.00172. The van der Waals surface area contributed by atoms with E-state index in [0.717, 1.165) is 17.2 Å². The number of nitrogens with two attached hydrogens (primary N) is 1. The molecule has 0 fully saturated rings. The number of hydrogen-bond acceptors (Lipinski definition) is 9. The smallest absolute Gasteiger partial charge is 0.293 e. The average molecular weight is 432 g/mol. The third-order valence-electron chi connectivity index (χ3n) is 4.24. The fourth-order valence-electron chi connectivity index (χ4n) is 2.78. The molecule has 3 aromatic rings. The van der Waals surface area contributed by atoms with E-state index < -0.39 is 14.9 Å². The van der Waals surface area contributed by atoms with Gasteiger partial charge in [0.05, 0.1) is 15.5 Å². The molecule has 0 saturated carbocycles. The Bertz CT molecular complexity index is 1190. The van der Waals surface area contributed by atoms with Gasteiger partial charge in [0.2, 0.25) is 5.89 Å². The first-order chi connectivity index (χ1) is 14.2. The highest BCUT2D eigenvalue weighted by atomic mass is 32.2. The second-order valence-corrected chi connectivity index (χ2v) is 8.27. The van der Waals surface area contributed by atoms with Crippen molar-refractivity contribution in [1.82, 2.24) is 10.1 Å². The van der Waals surface area contributed by atoms with Crippen LogP contribution in [-0.2, 0) is 16.4 Å². The van der Waals surface area contributed by atoms with Crippen LogP contribution in [0.3, 0.4) is 0 Å². The van der Waals surface area contributed by atoms with E-state index in [1.807, 2.05) is 13.0 Å². The predicted molar refractivity (Wildman–Crippen MR) is 111 cm³/mol. The molecular weight excluding hydrogens is 412 g/mol. The molecule has 12 heteroatoms. The van der Waals surface area contributed by atoms with Crippen molar-refractivity contribution in [3.8, 4) is 0 Å². The zero-order valence-corrected chi connectivity index (χ0v) is 17.1. The molecule has 1 heterocycles.